The summed E-state index contributed by atoms with van der Waals surface area (Å²) in [4.78, 5) is 38.2. The molecule has 2 aromatic rings. The molecule has 0 aliphatic rings. The number of amides is 3. The van der Waals surface area contributed by atoms with Crippen LogP contribution in [0.2, 0.25) is 5.02 Å². The van der Waals surface area contributed by atoms with Gasteiger partial charge < -0.3 is 9.47 Å². The molecular weight excluding hydrogens is 503 g/mol. The molecule has 0 aromatic heterocycles. The van der Waals surface area contributed by atoms with Crippen molar-refractivity contribution in [1.29, 1.82) is 0 Å². The van der Waals surface area contributed by atoms with Crippen molar-refractivity contribution in [2.75, 3.05) is 19.5 Å². The van der Waals surface area contributed by atoms with Crippen molar-refractivity contribution < 1.29 is 37.0 Å². The Bertz CT molecular complexity index is 1120. The van der Waals surface area contributed by atoms with Crippen LogP contribution in [0, 0.1) is 5.41 Å². The fourth-order valence-electron chi connectivity index (χ4n) is 3.07. The van der Waals surface area contributed by atoms with Gasteiger partial charge in [-0.15, -0.1) is 13.2 Å². The lowest BCUT2D eigenvalue weighted by molar-refractivity contribution is -0.274. The quantitative estimate of drug-likeness (QED) is 0.481. The highest BCUT2D eigenvalue weighted by Crippen LogP contribution is 2.31. The van der Waals surface area contributed by atoms with Crippen molar-refractivity contribution in [3.63, 3.8) is 0 Å². The topological polar surface area (TPSA) is 88.2 Å². The number of carbonyl (C=O) groups is 3. The number of anilines is 1. The molecule has 1 atom stereocenters. The van der Waals surface area contributed by atoms with Crippen LogP contribution >= 0.6 is 11.6 Å². The maximum Gasteiger partial charge on any atom is 0.573 e. The van der Waals surface area contributed by atoms with Crippen molar-refractivity contribution in [2.45, 2.75) is 40.1 Å². The molecule has 12 heteroatoms. The zero-order valence-corrected chi connectivity index (χ0v) is 21.3. The second kappa shape index (κ2) is 11.1. The Hall–Kier alpha value is -3.47. The molecule has 0 aliphatic carbocycles. The van der Waals surface area contributed by atoms with Gasteiger partial charge in [0, 0.05) is 18.3 Å². The molecule has 2 rings (SSSR count). The highest BCUT2D eigenvalue weighted by Gasteiger charge is 2.36. The molecule has 3 amide bonds. The zero-order valence-electron chi connectivity index (χ0n) is 20.6. The lowest BCUT2D eigenvalue weighted by Crippen LogP contribution is -2.55. The summed E-state index contributed by atoms with van der Waals surface area (Å²) >= 11 is 6.10. The van der Waals surface area contributed by atoms with E-state index >= 15 is 0 Å². The number of nitrogens with zero attached hydrogens (tertiary/aromatic N) is 2. The Morgan fingerprint density at radius 2 is 1.58 bits per heavy atom. The number of halogens is 4. The predicted molar refractivity (Wildman–Crippen MR) is 128 cm³/mol. The van der Waals surface area contributed by atoms with E-state index in [4.69, 9.17) is 11.6 Å². The molecule has 0 heterocycles. The smallest absolute Gasteiger partial charge is 0.453 e. The van der Waals surface area contributed by atoms with Crippen LogP contribution in [0.1, 0.15) is 48.4 Å². The van der Waals surface area contributed by atoms with Crippen LogP contribution in [0.25, 0.3) is 0 Å². The monoisotopic (exact) mass is 529 g/mol. The minimum Gasteiger partial charge on any atom is -0.453 e. The first-order valence-electron chi connectivity index (χ1n) is 10.7. The normalized spacial score (nSPS) is 12.4. The third-order valence-electron chi connectivity index (χ3n) is 5.41. The Morgan fingerprint density at radius 3 is 2.06 bits per heavy atom. The van der Waals surface area contributed by atoms with Gasteiger partial charge in [0.05, 0.1) is 23.7 Å². The summed E-state index contributed by atoms with van der Waals surface area (Å²) < 4.78 is 45.9. The maximum atomic E-state index is 13.5. The molecule has 2 aromatic carbocycles. The van der Waals surface area contributed by atoms with Gasteiger partial charge in [-0.05, 0) is 54.8 Å². The predicted octanol–water partition coefficient (Wildman–Crippen LogP) is 5.98. The molecule has 8 nitrogen and oxygen atoms in total. The molecule has 0 bridgehead atoms. The summed E-state index contributed by atoms with van der Waals surface area (Å²) in [5.41, 5.74) is 0.0303. The van der Waals surface area contributed by atoms with Crippen molar-refractivity contribution in [1.82, 2.24) is 10.0 Å². The Labute approximate surface area is 211 Å². The van der Waals surface area contributed by atoms with Gasteiger partial charge >= 0.3 is 12.5 Å². The second-order valence-electron chi connectivity index (χ2n) is 8.90. The van der Waals surface area contributed by atoms with Crippen LogP contribution in [-0.4, -0.2) is 54.5 Å². The van der Waals surface area contributed by atoms with Gasteiger partial charge in [0.25, 0.3) is 11.8 Å². The first kappa shape index (κ1) is 28.8. The summed E-state index contributed by atoms with van der Waals surface area (Å²) in [7, 11) is 2.58. The Balaban J connectivity index is 2.39. The standard InChI is InChI=1S/C24H27ClF3N3O5/c1-14(23(2,3)4)31(20(32)15-7-9-16(10-8-15)29-22(34)35-6)30(5)21(33)18-12-11-17(13-19(18)25)36-24(26,27)28/h7-14H,1-6H3,(H,29,34). The SMILES string of the molecule is COC(=O)Nc1ccc(C(=O)N(C(C)C(C)(C)C)N(C)C(=O)c2ccc(OC(F)(F)F)cc2Cl)cc1. The number of hydrazine groups is 1. The van der Waals surface area contributed by atoms with Gasteiger partial charge in [-0.25, -0.2) is 14.8 Å². The van der Waals surface area contributed by atoms with Crippen molar-refractivity contribution in [2.24, 2.45) is 5.41 Å². The molecule has 0 spiro atoms. The largest absolute Gasteiger partial charge is 0.573 e. The van der Waals surface area contributed by atoms with Crippen LogP contribution in [0.15, 0.2) is 42.5 Å². The van der Waals surface area contributed by atoms with Crippen LogP contribution in [0.5, 0.6) is 5.75 Å². The fraction of sp³-hybridized carbons (Fsp3) is 0.375. The van der Waals surface area contributed by atoms with E-state index in [9.17, 15) is 27.6 Å². The molecule has 0 radical (unpaired) electrons. The van der Waals surface area contributed by atoms with E-state index in [0.717, 1.165) is 23.2 Å². The van der Waals surface area contributed by atoms with Crippen molar-refractivity contribution in [3.8, 4) is 5.75 Å². The molecular formula is C24H27ClF3N3O5. The van der Waals surface area contributed by atoms with E-state index in [1.54, 1.807) is 6.92 Å². The number of nitrogens with one attached hydrogen (secondary N) is 1. The minimum absolute atomic E-state index is 0.120. The van der Waals surface area contributed by atoms with Crippen LogP contribution < -0.4 is 10.1 Å². The van der Waals surface area contributed by atoms with Gasteiger partial charge in [0.15, 0.2) is 0 Å². The van der Waals surface area contributed by atoms with E-state index < -0.39 is 41.5 Å². The van der Waals surface area contributed by atoms with E-state index in [1.807, 2.05) is 20.8 Å². The molecule has 0 fully saturated rings. The Morgan fingerprint density at radius 1 is 1.00 bits per heavy atom. The summed E-state index contributed by atoms with van der Waals surface area (Å²) in [5.74, 6) is -1.82. The van der Waals surface area contributed by atoms with Crippen molar-refractivity contribution >= 4 is 35.2 Å². The molecule has 36 heavy (non-hydrogen) atoms. The summed E-state index contributed by atoms with van der Waals surface area (Å²) in [6.45, 7) is 7.42. The van der Waals surface area contributed by atoms with Crippen LogP contribution in [0.3, 0.4) is 0 Å². The average Bonchev–Trinajstić information content (AvgIpc) is 2.77. The third-order valence-corrected chi connectivity index (χ3v) is 5.73. The number of carbonyl (C=O) groups excluding carboxylic acids is 3. The number of alkyl halides is 3. The molecule has 0 saturated heterocycles. The first-order valence-corrected chi connectivity index (χ1v) is 11.0. The first-order chi connectivity index (χ1) is 16.5. The number of hydrogen-bond donors (Lipinski definition) is 1. The van der Waals surface area contributed by atoms with Crippen LogP contribution in [-0.2, 0) is 4.74 Å². The molecule has 0 aliphatic heterocycles. The lowest BCUT2D eigenvalue weighted by atomic mass is 9.87. The number of benzene rings is 2. The summed E-state index contributed by atoms with van der Waals surface area (Å²) in [5, 5.41) is 4.53. The van der Waals surface area contributed by atoms with Gasteiger partial charge in [0.2, 0.25) is 0 Å². The van der Waals surface area contributed by atoms with Gasteiger partial charge in [-0.1, -0.05) is 32.4 Å². The highest BCUT2D eigenvalue weighted by molar-refractivity contribution is 6.34. The number of ether oxygens (including phenoxy) is 2. The minimum atomic E-state index is -4.92. The summed E-state index contributed by atoms with van der Waals surface area (Å²) in [6, 6.07) is 8.40. The fourth-order valence-corrected chi connectivity index (χ4v) is 3.33. The molecule has 196 valence electrons. The molecule has 0 saturated carbocycles. The Kier molecular flexibility index (Phi) is 8.84. The lowest BCUT2D eigenvalue weighted by Gasteiger charge is -2.42. The van der Waals surface area contributed by atoms with Gasteiger partial charge in [-0.3, -0.25) is 14.9 Å². The zero-order chi connectivity index (χ0) is 27.4. The van der Waals surface area contributed by atoms with Gasteiger partial charge in [-0.2, -0.15) is 0 Å². The van der Waals surface area contributed by atoms with E-state index in [0.29, 0.717) is 5.69 Å². The average molecular weight is 530 g/mol. The van der Waals surface area contributed by atoms with E-state index in [1.165, 1.54) is 43.4 Å². The third kappa shape index (κ3) is 7.27. The maximum absolute atomic E-state index is 13.5. The summed E-state index contributed by atoms with van der Waals surface area (Å²) in [6.07, 6.45) is -5.59. The number of hydrogen-bond acceptors (Lipinski definition) is 5. The van der Waals surface area contributed by atoms with E-state index in [2.05, 4.69) is 14.8 Å². The molecule has 1 unspecified atom stereocenters. The number of methoxy groups -OCH3 is 1. The van der Waals surface area contributed by atoms with Crippen LogP contribution in [0.4, 0.5) is 23.7 Å². The number of rotatable bonds is 5. The van der Waals surface area contributed by atoms with E-state index in [-0.39, 0.29) is 16.1 Å². The highest BCUT2D eigenvalue weighted by atomic mass is 35.5. The second-order valence-corrected chi connectivity index (χ2v) is 9.31. The van der Waals surface area contributed by atoms with Crippen molar-refractivity contribution in [3.05, 3.63) is 58.6 Å². The van der Waals surface area contributed by atoms with Gasteiger partial charge in [0.1, 0.15) is 5.75 Å². The molecule has 1 N–H and O–H groups in total.